The van der Waals surface area contributed by atoms with Gasteiger partial charge in [0.15, 0.2) is 8.32 Å². The van der Waals surface area contributed by atoms with Crippen molar-refractivity contribution < 1.29 is 14.0 Å². The normalized spacial score (nSPS) is 11.9. The number of unbranched alkanes of at least 4 members (excludes halogenated alkanes) is 1. The van der Waals surface area contributed by atoms with E-state index in [2.05, 4.69) is 76.4 Å². The van der Waals surface area contributed by atoms with Crippen LogP contribution in [0.4, 0.5) is 0 Å². The van der Waals surface area contributed by atoms with Crippen molar-refractivity contribution in [1.82, 2.24) is 10.6 Å². The number of carbonyl (C=O) groups is 2. The fourth-order valence-corrected chi connectivity index (χ4v) is 10.4. The lowest BCUT2D eigenvalue weighted by Gasteiger charge is -2.42. The summed E-state index contributed by atoms with van der Waals surface area (Å²) in [6, 6.07) is 8.63. The van der Waals surface area contributed by atoms with Crippen molar-refractivity contribution in [3.05, 3.63) is 35.4 Å². The largest absolute Gasteiger partial charge is 0.416 e. The molecule has 0 unspecified atom stereocenters. The SMILES string of the molecule is CNC(=O)C(=O)NCCCCc1ccccc1CCCO[Si](C(C)C)(C(C)C)C(C)C. The molecule has 2 amide bonds. The molecule has 5 nitrogen and oxygen atoms in total. The first kappa shape index (κ1) is 27.4. The average Bonchev–Trinajstić information content (AvgIpc) is 2.72. The maximum Gasteiger partial charge on any atom is 0.309 e. The lowest BCUT2D eigenvalue weighted by Crippen LogP contribution is -2.48. The van der Waals surface area contributed by atoms with Crippen LogP contribution in [0.15, 0.2) is 24.3 Å². The summed E-state index contributed by atoms with van der Waals surface area (Å²) in [5.74, 6) is -1.15. The van der Waals surface area contributed by atoms with Crippen LogP contribution in [-0.2, 0) is 26.9 Å². The first-order valence-electron chi connectivity index (χ1n) is 11.9. The zero-order valence-corrected chi connectivity index (χ0v) is 21.7. The molecule has 2 N–H and O–H groups in total. The van der Waals surface area contributed by atoms with Crippen molar-refractivity contribution in [2.24, 2.45) is 0 Å². The molecule has 0 aliphatic heterocycles. The third-order valence-electron chi connectivity index (χ3n) is 6.36. The Morgan fingerprint density at radius 3 is 1.84 bits per heavy atom. The Bertz CT molecular complexity index is 667. The highest BCUT2D eigenvalue weighted by Crippen LogP contribution is 2.42. The molecule has 1 rings (SSSR count). The monoisotopic (exact) mass is 448 g/mol. The maximum absolute atomic E-state index is 11.5. The Morgan fingerprint density at radius 2 is 1.35 bits per heavy atom. The fourth-order valence-electron chi connectivity index (χ4n) is 4.89. The number of hydrogen-bond acceptors (Lipinski definition) is 3. The highest BCUT2D eigenvalue weighted by atomic mass is 28.4. The van der Waals surface area contributed by atoms with E-state index in [9.17, 15) is 9.59 Å². The quantitative estimate of drug-likeness (QED) is 0.254. The zero-order valence-electron chi connectivity index (χ0n) is 20.7. The summed E-state index contributed by atoms with van der Waals surface area (Å²) in [7, 11) is -0.334. The van der Waals surface area contributed by atoms with Crippen molar-refractivity contribution in [2.45, 2.75) is 90.3 Å². The third-order valence-corrected chi connectivity index (χ3v) is 12.5. The Balaban J connectivity index is 2.52. The minimum Gasteiger partial charge on any atom is -0.416 e. The second-order valence-corrected chi connectivity index (χ2v) is 14.8. The average molecular weight is 449 g/mol. The summed E-state index contributed by atoms with van der Waals surface area (Å²) in [4.78, 5) is 22.7. The molecule has 0 bridgehead atoms. The van der Waals surface area contributed by atoms with Crippen LogP contribution in [0.5, 0.6) is 0 Å². The zero-order chi connectivity index (χ0) is 23.4. The number of aryl methyl sites for hydroxylation is 2. The lowest BCUT2D eigenvalue weighted by molar-refractivity contribution is -0.138. The molecule has 0 atom stereocenters. The van der Waals surface area contributed by atoms with E-state index in [0.29, 0.717) is 23.2 Å². The van der Waals surface area contributed by atoms with Crippen molar-refractivity contribution in [1.29, 1.82) is 0 Å². The summed E-state index contributed by atoms with van der Waals surface area (Å²) in [5, 5.41) is 4.99. The van der Waals surface area contributed by atoms with E-state index in [-0.39, 0.29) is 0 Å². The van der Waals surface area contributed by atoms with E-state index >= 15 is 0 Å². The van der Waals surface area contributed by atoms with Crippen LogP contribution in [0.25, 0.3) is 0 Å². The Morgan fingerprint density at radius 1 is 0.839 bits per heavy atom. The summed E-state index contributed by atoms with van der Waals surface area (Å²) in [6.07, 6.45) is 4.88. The number of rotatable bonds is 13. The summed E-state index contributed by atoms with van der Waals surface area (Å²) >= 11 is 0. The van der Waals surface area contributed by atoms with Gasteiger partial charge in [-0.05, 0) is 59.9 Å². The predicted octanol–water partition coefficient (Wildman–Crippen LogP) is 5.00. The molecular formula is C25H44N2O3Si. The number of nitrogens with one attached hydrogen (secondary N) is 2. The first-order chi connectivity index (χ1) is 14.7. The van der Waals surface area contributed by atoms with E-state index < -0.39 is 20.1 Å². The molecule has 0 saturated carbocycles. The van der Waals surface area contributed by atoms with Crippen LogP contribution in [0, 0.1) is 0 Å². The fraction of sp³-hybridized carbons (Fsp3) is 0.680. The van der Waals surface area contributed by atoms with Gasteiger partial charge in [0, 0.05) is 20.2 Å². The molecule has 176 valence electrons. The lowest BCUT2D eigenvalue weighted by atomic mass is 9.98. The van der Waals surface area contributed by atoms with Gasteiger partial charge in [-0.15, -0.1) is 0 Å². The molecule has 0 aliphatic rings. The van der Waals surface area contributed by atoms with Gasteiger partial charge in [0.1, 0.15) is 0 Å². The second kappa shape index (κ2) is 13.7. The van der Waals surface area contributed by atoms with Crippen LogP contribution in [0.3, 0.4) is 0 Å². The molecule has 0 aliphatic carbocycles. The minimum atomic E-state index is -1.79. The van der Waals surface area contributed by atoms with Gasteiger partial charge in [-0.1, -0.05) is 65.8 Å². The molecule has 1 aromatic carbocycles. The van der Waals surface area contributed by atoms with Crippen molar-refractivity contribution in [3.63, 3.8) is 0 Å². The molecule has 0 saturated heterocycles. The Kier molecular flexibility index (Phi) is 12.1. The van der Waals surface area contributed by atoms with Crippen molar-refractivity contribution >= 4 is 20.1 Å². The van der Waals surface area contributed by atoms with Gasteiger partial charge in [0.25, 0.3) is 0 Å². The van der Waals surface area contributed by atoms with E-state index in [1.54, 1.807) is 0 Å². The number of likely N-dealkylation sites (N-methyl/N-ethyl adjacent to an activating group) is 1. The van der Waals surface area contributed by atoms with Crippen LogP contribution in [0.2, 0.25) is 16.6 Å². The molecular weight excluding hydrogens is 404 g/mol. The van der Waals surface area contributed by atoms with Crippen molar-refractivity contribution in [2.75, 3.05) is 20.2 Å². The number of hydrogen-bond donors (Lipinski definition) is 2. The maximum atomic E-state index is 11.5. The van der Waals surface area contributed by atoms with E-state index in [1.807, 2.05) is 0 Å². The second-order valence-electron chi connectivity index (χ2n) is 9.33. The molecule has 0 radical (unpaired) electrons. The topological polar surface area (TPSA) is 67.4 Å². The van der Waals surface area contributed by atoms with Crippen LogP contribution in [0.1, 0.15) is 71.9 Å². The Hall–Kier alpha value is -1.66. The number of benzene rings is 1. The smallest absolute Gasteiger partial charge is 0.309 e. The molecule has 0 spiro atoms. The standard InChI is InChI=1S/C25H44N2O3Si/c1-19(2)31(20(3)4,21(5)6)30-18-12-16-23-14-9-8-13-22(23)15-10-11-17-27-25(29)24(28)26-7/h8-9,13-14,19-21H,10-12,15-18H2,1-7H3,(H,26,28)(H,27,29). The van der Waals surface area contributed by atoms with Gasteiger partial charge >= 0.3 is 11.8 Å². The van der Waals surface area contributed by atoms with Crippen molar-refractivity contribution in [3.8, 4) is 0 Å². The van der Waals surface area contributed by atoms with Gasteiger partial charge in [-0.3, -0.25) is 9.59 Å². The molecule has 1 aromatic rings. The first-order valence-corrected chi connectivity index (χ1v) is 14.0. The number of carbonyl (C=O) groups excluding carboxylic acids is 2. The van der Waals surface area contributed by atoms with Gasteiger partial charge in [-0.25, -0.2) is 0 Å². The highest BCUT2D eigenvalue weighted by molar-refractivity contribution is 6.77. The molecule has 31 heavy (non-hydrogen) atoms. The van der Waals surface area contributed by atoms with Crippen LogP contribution < -0.4 is 10.6 Å². The molecule has 0 fully saturated rings. The van der Waals surface area contributed by atoms with Gasteiger partial charge in [0.2, 0.25) is 0 Å². The van der Waals surface area contributed by atoms with Gasteiger partial charge in [-0.2, -0.15) is 0 Å². The van der Waals surface area contributed by atoms with Crippen LogP contribution >= 0.6 is 0 Å². The number of amides is 2. The Labute approximate surface area is 190 Å². The predicted molar refractivity (Wildman–Crippen MR) is 132 cm³/mol. The summed E-state index contributed by atoms with van der Waals surface area (Å²) in [5.41, 5.74) is 4.61. The van der Waals surface area contributed by atoms with E-state index in [4.69, 9.17) is 4.43 Å². The minimum absolute atomic E-state index is 0.522. The van der Waals surface area contributed by atoms with Gasteiger partial charge in [0.05, 0.1) is 0 Å². The van der Waals surface area contributed by atoms with E-state index in [1.165, 1.54) is 18.2 Å². The highest BCUT2D eigenvalue weighted by Gasteiger charge is 2.44. The van der Waals surface area contributed by atoms with Gasteiger partial charge < -0.3 is 15.1 Å². The third kappa shape index (κ3) is 8.07. The molecule has 6 heteroatoms. The summed E-state index contributed by atoms with van der Waals surface area (Å²) in [6.45, 7) is 15.3. The molecule has 0 aromatic heterocycles. The van der Waals surface area contributed by atoms with E-state index in [0.717, 1.165) is 38.7 Å². The molecule has 0 heterocycles. The summed E-state index contributed by atoms with van der Waals surface area (Å²) < 4.78 is 6.71. The van der Waals surface area contributed by atoms with Crippen LogP contribution in [-0.4, -0.2) is 40.3 Å².